The lowest BCUT2D eigenvalue weighted by molar-refractivity contribution is 0.489. The van der Waals surface area contributed by atoms with E-state index in [0.717, 1.165) is 6.54 Å². The quantitative estimate of drug-likeness (QED) is 0.803. The molecule has 0 radical (unpaired) electrons. The largest absolute Gasteiger partial charge is 0.306 e. The van der Waals surface area contributed by atoms with Crippen LogP contribution in [0.1, 0.15) is 47.6 Å². The van der Waals surface area contributed by atoms with Gasteiger partial charge in [0, 0.05) is 12.6 Å². The van der Waals surface area contributed by atoms with Gasteiger partial charge in [-0.15, -0.1) is 0 Å². The van der Waals surface area contributed by atoms with Crippen LogP contribution in [0.5, 0.6) is 0 Å². The van der Waals surface area contributed by atoms with Crippen LogP contribution in [-0.4, -0.2) is 0 Å². The summed E-state index contributed by atoms with van der Waals surface area (Å²) in [7, 11) is 0. The first-order chi connectivity index (χ1) is 9.83. The molecule has 0 aliphatic heterocycles. The fourth-order valence-corrected chi connectivity index (χ4v) is 3.08. The van der Waals surface area contributed by atoms with Crippen LogP contribution in [0.15, 0.2) is 48.5 Å². The number of benzene rings is 2. The Morgan fingerprint density at radius 1 is 1.00 bits per heavy atom. The molecule has 1 N–H and O–H groups in total. The van der Waals surface area contributed by atoms with E-state index in [1.165, 1.54) is 47.9 Å². The van der Waals surface area contributed by atoms with Crippen LogP contribution in [0.25, 0.3) is 0 Å². The monoisotopic (exact) mass is 265 g/mol. The van der Waals surface area contributed by atoms with Crippen LogP contribution in [0.4, 0.5) is 0 Å². The van der Waals surface area contributed by atoms with E-state index in [0.29, 0.717) is 6.04 Å². The van der Waals surface area contributed by atoms with E-state index < -0.39 is 0 Å². The molecule has 2 aromatic carbocycles. The summed E-state index contributed by atoms with van der Waals surface area (Å²) in [6.07, 6.45) is 5.13. The molecule has 1 nitrogen and oxygen atoms in total. The van der Waals surface area contributed by atoms with Gasteiger partial charge >= 0.3 is 0 Å². The van der Waals surface area contributed by atoms with E-state index in [4.69, 9.17) is 0 Å². The first kappa shape index (κ1) is 13.4. The lowest BCUT2D eigenvalue weighted by atomic mass is 9.99. The zero-order chi connectivity index (χ0) is 13.8. The van der Waals surface area contributed by atoms with Gasteiger partial charge in [0.05, 0.1) is 0 Å². The van der Waals surface area contributed by atoms with Crippen molar-refractivity contribution in [2.75, 3.05) is 0 Å². The van der Waals surface area contributed by atoms with Crippen molar-refractivity contribution in [2.24, 2.45) is 0 Å². The van der Waals surface area contributed by atoms with Gasteiger partial charge in [0.25, 0.3) is 0 Å². The van der Waals surface area contributed by atoms with Gasteiger partial charge in [-0.05, 0) is 42.9 Å². The second kappa shape index (κ2) is 6.23. The first-order valence-corrected chi connectivity index (χ1v) is 7.69. The minimum Gasteiger partial charge on any atom is -0.306 e. The molecule has 0 bridgehead atoms. The number of aryl methyl sites for hydroxylation is 2. The normalized spacial score (nSPS) is 18.4. The summed E-state index contributed by atoms with van der Waals surface area (Å²) >= 11 is 0. The zero-order valence-electron chi connectivity index (χ0n) is 12.2. The molecule has 0 amide bonds. The van der Waals surface area contributed by atoms with Gasteiger partial charge in [0.15, 0.2) is 0 Å². The molecule has 1 heteroatoms. The van der Waals surface area contributed by atoms with E-state index in [1.54, 1.807) is 0 Å². The average Bonchev–Trinajstić information content (AvgIpc) is 2.69. The third-order valence-electron chi connectivity index (χ3n) is 4.29. The molecule has 104 valence electrons. The van der Waals surface area contributed by atoms with Crippen LogP contribution in [-0.2, 0) is 13.0 Å². The van der Waals surface area contributed by atoms with E-state index in [-0.39, 0.29) is 0 Å². The van der Waals surface area contributed by atoms with E-state index in [2.05, 4.69) is 60.8 Å². The fourth-order valence-electron chi connectivity index (χ4n) is 3.08. The van der Waals surface area contributed by atoms with E-state index in [9.17, 15) is 0 Å². The molecule has 1 unspecified atom stereocenters. The molecular weight excluding hydrogens is 242 g/mol. The number of nitrogens with one attached hydrogen (secondary N) is 1. The SMILES string of the molecule is Cc1ccc(CNC2CCCCc3ccccc32)cc1. The molecule has 3 rings (SSSR count). The standard InChI is InChI=1S/C19H23N/c1-15-10-12-16(13-11-15)14-20-19-9-5-3-7-17-6-2-4-8-18(17)19/h2,4,6,8,10-13,19-20H,3,5,7,9,14H2,1H3. The molecule has 0 fully saturated rings. The molecule has 20 heavy (non-hydrogen) atoms. The van der Waals surface area contributed by atoms with Crippen LogP contribution < -0.4 is 5.32 Å². The van der Waals surface area contributed by atoms with Gasteiger partial charge in [-0.3, -0.25) is 0 Å². The van der Waals surface area contributed by atoms with Crippen LogP contribution in [0.3, 0.4) is 0 Å². The molecule has 0 heterocycles. The number of rotatable bonds is 3. The van der Waals surface area contributed by atoms with Gasteiger partial charge in [0.1, 0.15) is 0 Å². The van der Waals surface area contributed by atoms with Crippen LogP contribution in [0, 0.1) is 6.92 Å². The van der Waals surface area contributed by atoms with Gasteiger partial charge in [-0.25, -0.2) is 0 Å². The summed E-state index contributed by atoms with van der Waals surface area (Å²) in [4.78, 5) is 0. The minimum atomic E-state index is 0.509. The molecule has 1 aliphatic rings. The van der Waals surface area contributed by atoms with Crippen molar-refractivity contribution in [3.63, 3.8) is 0 Å². The Morgan fingerprint density at radius 3 is 2.65 bits per heavy atom. The van der Waals surface area contributed by atoms with Gasteiger partial charge in [0.2, 0.25) is 0 Å². The van der Waals surface area contributed by atoms with Crippen molar-refractivity contribution in [3.05, 3.63) is 70.8 Å². The van der Waals surface area contributed by atoms with Gasteiger partial charge < -0.3 is 5.32 Å². The summed E-state index contributed by atoms with van der Waals surface area (Å²) < 4.78 is 0. The highest BCUT2D eigenvalue weighted by Crippen LogP contribution is 2.28. The average molecular weight is 265 g/mol. The Labute approximate surface area is 122 Å². The summed E-state index contributed by atoms with van der Waals surface area (Å²) in [6, 6.07) is 18.3. The van der Waals surface area contributed by atoms with Crippen molar-refractivity contribution in [3.8, 4) is 0 Å². The Morgan fingerprint density at radius 2 is 1.80 bits per heavy atom. The van der Waals surface area contributed by atoms with Crippen molar-refractivity contribution >= 4 is 0 Å². The van der Waals surface area contributed by atoms with Crippen LogP contribution >= 0.6 is 0 Å². The predicted molar refractivity (Wildman–Crippen MR) is 84.8 cm³/mol. The molecule has 0 spiro atoms. The Kier molecular flexibility index (Phi) is 4.17. The highest BCUT2D eigenvalue weighted by atomic mass is 14.9. The third-order valence-corrected chi connectivity index (χ3v) is 4.29. The summed E-state index contributed by atoms with van der Waals surface area (Å²) in [6.45, 7) is 3.10. The second-order valence-electron chi connectivity index (χ2n) is 5.86. The van der Waals surface area contributed by atoms with Crippen molar-refractivity contribution in [1.29, 1.82) is 0 Å². The van der Waals surface area contributed by atoms with Gasteiger partial charge in [-0.2, -0.15) is 0 Å². The molecular formula is C19H23N. The Bertz CT molecular complexity index is 556. The van der Waals surface area contributed by atoms with E-state index in [1.807, 2.05) is 0 Å². The Balaban J connectivity index is 1.72. The van der Waals surface area contributed by atoms with Crippen LogP contribution in [0.2, 0.25) is 0 Å². The molecule has 2 aromatic rings. The smallest absolute Gasteiger partial charge is 0.0325 e. The molecule has 0 aromatic heterocycles. The first-order valence-electron chi connectivity index (χ1n) is 7.69. The molecule has 1 aliphatic carbocycles. The van der Waals surface area contributed by atoms with Crippen molar-refractivity contribution in [2.45, 2.75) is 45.2 Å². The fraction of sp³-hybridized carbons (Fsp3) is 0.368. The molecule has 1 atom stereocenters. The van der Waals surface area contributed by atoms with Crippen molar-refractivity contribution in [1.82, 2.24) is 5.32 Å². The number of fused-ring (bicyclic) bond motifs is 1. The lowest BCUT2D eigenvalue weighted by Gasteiger charge is -2.19. The molecule has 0 saturated carbocycles. The van der Waals surface area contributed by atoms with E-state index >= 15 is 0 Å². The molecule has 0 saturated heterocycles. The maximum atomic E-state index is 3.75. The third kappa shape index (κ3) is 3.10. The summed E-state index contributed by atoms with van der Waals surface area (Å²) in [5.74, 6) is 0. The lowest BCUT2D eigenvalue weighted by Crippen LogP contribution is -2.21. The summed E-state index contributed by atoms with van der Waals surface area (Å²) in [5.41, 5.74) is 5.74. The summed E-state index contributed by atoms with van der Waals surface area (Å²) in [5, 5.41) is 3.75. The highest BCUT2D eigenvalue weighted by Gasteiger charge is 2.17. The predicted octanol–water partition coefficient (Wildman–Crippen LogP) is 4.55. The highest BCUT2D eigenvalue weighted by molar-refractivity contribution is 5.31. The zero-order valence-corrected chi connectivity index (χ0v) is 12.2. The minimum absolute atomic E-state index is 0.509. The Hall–Kier alpha value is -1.60. The maximum Gasteiger partial charge on any atom is 0.0325 e. The van der Waals surface area contributed by atoms with Gasteiger partial charge in [-0.1, -0.05) is 60.5 Å². The topological polar surface area (TPSA) is 12.0 Å². The maximum absolute atomic E-state index is 3.75. The number of hydrogen-bond acceptors (Lipinski definition) is 1. The second-order valence-corrected chi connectivity index (χ2v) is 5.86. The number of hydrogen-bond donors (Lipinski definition) is 1. The van der Waals surface area contributed by atoms with Crippen molar-refractivity contribution < 1.29 is 0 Å².